The fourth-order valence-electron chi connectivity index (χ4n) is 3.27. The van der Waals surface area contributed by atoms with Crippen molar-refractivity contribution in [2.24, 2.45) is 0 Å². The van der Waals surface area contributed by atoms with Gasteiger partial charge in [-0.05, 0) is 29.8 Å². The highest BCUT2D eigenvalue weighted by molar-refractivity contribution is 7.88. The van der Waals surface area contributed by atoms with Gasteiger partial charge in [-0.3, -0.25) is 4.79 Å². The van der Waals surface area contributed by atoms with Crippen molar-refractivity contribution in [1.82, 2.24) is 4.31 Å². The van der Waals surface area contributed by atoms with Crippen LogP contribution in [-0.4, -0.2) is 31.4 Å². The summed E-state index contributed by atoms with van der Waals surface area (Å²) in [6.45, 7) is -0.323. The average Bonchev–Trinajstić information content (AvgIpc) is 3.06. The fourth-order valence-corrected chi connectivity index (χ4v) is 4.19. The average molecular weight is 443 g/mol. The van der Waals surface area contributed by atoms with E-state index in [2.05, 4.69) is 5.32 Å². The van der Waals surface area contributed by atoms with E-state index in [0.717, 1.165) is 26.9 Å². The molecule has 6 nitrogen and oxygen atoms in total. The summed E-state index contributed by atoms with van der Waals surface area (Å²) in [5.41, 5.74) is 2.56. The van der Waals surface area contributed by atoms with Crippen LogP contribution in [0.3, 0.4) is 0 Å². The zero-order valence-corrected chi connectivity index (χ0v) is 17.7. The van der Waals surface area contributed by atoms with Crippen LogP contribution in [0.25, 0.3) is 21.9 Å². The quantitative estimate of drug-likeness (QED) is 0.471. The van der Waals surface area contributed by atoms with Gasteiger partial charge in [-0.1, -0.05) is 48.0 Å². The van der Waals surface area contributed by atoms with Gasteiger partial charge in [0, 0.05) is 34.1 Å². The molecular formula is C22H19ClN2O4S. The van der Waals surface area contributed by atoms with E-state index in [1.54, 1.807) is 36.4 Å². The number of benzene rings is 3. The van der Waals surface area contributed by atoms with Crippen molar-refractivity contribution in [3.05, 3.63) is 77.3 Å². The van der Waals surface area contributed by atoms with Gasteiger partial charge in [-0.15, -0.1) is 0 Å². The molecule has 0 fully saturated rings. The Morgan fingerprint density at radius 2 is 1.70 bits per heavy atom. The predicted octanol–water partition coefficient (Wildman–Crippen LogP) is 4.64. The van der Waals surface area contributed by atoms with Crippen LogP contribution in [-0.2, 0) is 21.4 Å². The fraction of sp³-hybridized carbons (Fsp3) is 0.136. The highest BCUT2D eigenvalue weighted by Gasteiger charge is 2.21. The number of anilines is 1. The molecule has 8 heteroatoms. The first-order valence-corrected chi connectivity index (χ1v) is 11.4. The Labute approximate surface area is 179 Å². The largest absolute Gasteiger partial charge is 0.456 e. The Balaban J connectivity index is 1.53. The Kier molecular flexibility index (Phi) is 5.51. The van der Waals surface area contributed by atoms with Gasteiger partial charge in [0.15, 0.2) is 0 Å². The van der Waals surface area contributed by atoms with Crippen LogP contribution < -0.4 is 5.32 Å². The van der Waals surface area contributed by atoms with E-state index >= 15 is 0 Å². The van der Waals surface area contributed by atoms with E-state index in [9.17, 15) is 13.2 Å². The molecule has 0 saturated carbocycles. The van der Waals surface area contributed by atoms with Gasteiger partial charge < -0.3 is 9.73 Å². The van der Waals surface area contributed by atoms with Crippen molar-refractivity contribution in [2.45, 2.75) is 6.54 Å². The molecule has 0 bridgehead atoms. The third kappa shape index (κ3) is 4.33. The number of carbonyl (C=O) groups excluding carboxylic acids is 1. The molecule has 3 aromatic carbocycles. The SMILES string of the molecule is CS(=O)(=O)N(CC(=O)Nc1ccc2c(c1)oc1ccccc12)Cc1ccccc1Cl. The summed E-state index contributed by atoms with van der Waals surface area (Å²) in [5.74, 6) is -0.456. The lowest BCUT2D eigenvalue weighted by Crippen LogP contribution is -2.37. The number of amides is 1. The number of sulfonamides is 1. The highest BCUT2D eigenvalue weighted by atomic mass is 35.5. The molecule has 1 heterocycles. The number of nitrogens with zero attached hydrogens (tertiary/aromatic N) is 1. The Hall–Kier alpha value is -2.87. The molecule has 0 aliphatic heterocycles. The Morgan fingerprint density at radius 1 is 1.00 bits per heavy atom. The molecule has 1 amide bonds. The summed E-state index contributed by atoms with van der Waals surface area (Å²) in [5, 5.41) is 5.13. The van der Waals surface area contributed by atoms with E-state index in [4.69, 9.17) is 16.0 Å². The number of furan rings is 1. The van der Waals surface area contributed by atoms with E-state index in [0.29, 0.717) is 21.9 Å². The van der Waals surface area contributed by atoms with Crippen molar-refractivity contribution in [2.75, 3.05) is 18.1 Å². The van der Waals surface area contributed by atoms with Crippen LogP contribution in [0, 0.1) is 0 Å². The molecule has 30 heavy (non-hydrogen) atoms. The number of hydrogen-bond donors (Lipinski definition) is 1. The number of nitrogens with one attached hydrogen (secondary N) is 1. The molecule has 0 aliphatic rings. The molecule has 0 saturated heterocycles. The van der Waals surface area contributed by atoms with Crippen LogP contribution in [0.4, 0.5) is 5.69 Å². The normalized spacial score (nSPS) is 12.0. The molecule has 1 N–H and O–H groups in total. The smallest absolute Gasteiger partial charge is 0.239 e. The van der Waals surface area contributed by atoms with Gasteiger partial charge in [-0.2, -0.15) is 4.31 Å². The van der Waals surface area contributed by atoms with Crippen LogP contribution in [0.15, 0.2) is 71.1 Å². The molecule has 0 unspecified atom stereocenters. The Bertz CT molecular complexity index is 1350. The minimum Gasteiger partial charge on any atom is -0.456 e. The molecule has 154 valence electrons. The predicted molar refractivity (Wildman–Crippen MR) is 119 cm³/mol. The van der Waals surface area contributed by atoms with E-state index < -0.39 is 15.9 Å². The van der Waals surface area contributed by atoms with Crippen LogP contribution >= 0.6 is 11.6 Å². The van der Waals surface area contributed by atoms with Gasteiger partial charge in [-0.25, -0.2) is 8.42 Å². The third-order valence-corrected chi connectivity index (χ3v) is 6.32. The van der Waals surface area contributed by atoms with Gasteiger partial charge in [0.25, 0.3) is 0 Å². The number of carbonyl (C=O) groups is 1. The van der Waals surface area contributed by atoms with Crippen LogP contribution in [0.1, 0.15) is 5.56 Å². The summed E-state index contributed by atoms with van der Waals surface area (Å²) in [6.07, 6.45) is 1.07. The number of hydrogen-bond acceptors (Lipinski definition) is 4. The maximum atomic E-state index is 12.6. The first-order chi connectivity index (χ1) is 14.3. The summed E-state index contributed by atoms with van der Waals surface area (Å²) in [4.78, 5) is 12.6. The second kappa shape index (κ2) is 8.10. The minimum absolute atomic E-state index is 0.00847. The topological polar surface area (TPSA) is 79.6 Å². The Morgan fingerprint density at radius 3 is 2.47 bits per heavy atom. The lowest BCUT2D eigenvalue weighted by Gasteiger charge is -2.20. The van der Waals surface area contributed by atoms with Crippen molar-refractivity contribution in [3.63, 3.8) is 0 Å². The highest BCUT2D eigenvalue weighted by Crippen LogP contribution is 2.30. The zero-order chi connectivity index (χ0) is 21.3. The maximum absolute atomic E-state index is 12.6. The number of halogens is 1. The minimum atomic E-state index is -3.62. The first kappa shape index (κ1) is 20.4. The number of para-hydroxylation sites is 1. The molecule has 0 atom stereocenters. The van der Waals surface area contributed by atoms with Crippen LogP contribution in [0.5, 0.6) is 0 Å². The van der Waals surface area contributed by atoms with Crippen molar-refractivity contribution < 1.29 is 17.6 Å². The second-order valence-electron chi connectivity index (χ2n) is 6.98. The molecule has 0 radical (unpaired) electrons. The monoisotopic (exact) mass is 442 g/mol. The first-order valence-electron chi connectivity index (χ1n) is 9.21. The summed E-state index contributed by atoms with van der Waals surface area (Å²) >= 11 is 6.14. The molecule has 0 spiro atoms. The molecular weight excluding hydrogens is 424 g/mol. The molecule has 0 aliphatic carbocycles. The lowest BCUT2D eigenvalue weighted by molar-refractivity contribution is -0.116. The standard InChI is InChI=1S/C22H19ClN2O4S/c1-30(27,28)25(13-15-6-2-4-8-19(15)23)14-22(26)24-16-10-11-18-17-7-3-5-9-20(17)29-21(18)12-16/h2-12H,13-14H2,1H3,(H,24,26). The van der Waals surface area contributed by atoms with E-state index in [1.807, 2.05) is 30.3 Å². The summed E-state index contributed by atoms with van der Waals surface area (Å²) in [6, 6.07) is 20.0. The van der Waals surface area contributed by atoms with Crippen molar-refractivity contribution >= 4 is 55.2 Å². The van der Waals surface area contributed by atoms with Crippen LogP contribution in [0.2, 0.25) is 5.02 Å². The number of fused-ring (bicyclic) bond motifs is 3. The van der Waals surface area contributed by atoms with E-state index in [-0.39, 0.29) is 13.1 Å². The summed E-state index contributed by atoms with van der Waals surface area (Å²) in [7, 11) is -3.62. The van der Waals surface area contributed by atoms with Gasteiger partial charge in [0.2, 0.25) is 15.9 Å². The third-order valence-electron chi connectivity index (χ3n) is 4.76. The number of rotatable bonds is 6. The van der Waals surface area contributed by atoms with E-state index in [1.165, 1.54) is 0 Å². The second-order valence-corrected chi connectivity index (χ2v) is 9.37. The van der Waals surface area contributed by atoms with Gasteiger partial charge in [0.1, 0.15) is 11.2 Å². The molecule has 4 aromatic rings. The molecule has 4 rings (SSSR count). The zero-order valence-electron chi connectivity index (χ0n) is 16.1. The van der Waals surface area contributed by atoms with Crippen molar-refractivity contribution in [1.29, 1.82) is 0 Å². The maximum Gasteiger partial charge on any atom is 0.239 e. The molecule has 1 aromatic heterocycles. The van der Waals surface area contributed by atoms with Gasteiger partial charge in [0.05, 0.1) is 12.8 Å². The summed E-state index contributed by atoms with van der Waals surface area (Å²) < 4.78 is 31.3. The van der Waals surface area contributed by atoms with Gasteiger partial charge >= 0.3 is 0 Å². The van der Waals surface area contributed by atoms with Crippen molar-refractivity contribution in [3.8, 4) is 0 Å². The lowest BCUT2D eigenvalue weighted by atomic mass is 10.1.